The van der Waals surface area contributed by atoms with Crippen molar-refractivity contribution in [3.05, 3.63) is 81.1 Å². The lowest BCUT2D eigenvalue weighted by molar-refractivity contribution is 0.532. The predicted molar refractivity (Wildman–Crippen MR) is 108 cm³/mol. The molecular weight excluding hydrogens is 343 g/mol. The van der Waals surface area contributed by atoms with Crippen LogP contribution in [0.3, 0.4) is 0 Å². The lowest BCUT2D eigenvalue weighted by atomic mass is 9.74. The Hall–Kier alpha value is -1.60. The van der Waals surface area contributed by atoms with Gasteiger partial charge in [0.25, 0.3) is 0 Å². The van der Waals surface area contributed by atoms with Crippen molar-refractivity contribution in [3.8, 4) is 0 Å². The second-order valence-corrected chi connectivity index (χ2v) is 8.20. The molecule has 2 atom stereocenters. The second kappa shape index (κ2) is 7.56. The molecule has 26 heavy (non-hydrogen) atoms. The maximum atomic E-state index is 13.8. The summed E-state index contributed by atoms with van der Waals surface area (Å²) in [7, 11) is 0. The molecule has 0 amide bonds. The maximum Gasteiger partial charge on any atom is 0.142 e. The van der Waals surface area contributed by atoms with Crippen molar-refractivity contribution >= 4 is 11.6 Å². The first-order valence-electron chi connectivity index (χ1n) is 9.89. The minimum Gasteiger partial charge on any atom is -0.205 e. The maximum absolute atomic E-state index is 13.8. The van der Waals surface area contributed by atoms with Crippen molar-refractivity contribution in [2.45, 2.75) is 57.8 Å². The molecule has 0 heterocycles. The number of rotatable bonds is 3. The van der Waals surface area contributed by atoms with Gasteiger partial charge in [0.2, 0.25) is 0 Å². The van der Waals surface area contributed by atoms with Crippen LogP contribution in [0.1, 0.15) is 59.9 Å². The van der Waals surface area contributed by atoms with Crippen LogP contribution in [0.2, 0.25) is 5.02 Å². The average molecular weight is 369 g/mol. The predicted octanol–water partition coefficient (Wildman–Crippen LogP) is 6.82. The number of fused-ring (bicyclic) bond motifs is 3. The van der Waals surface area contributed by atoms with E-state index in [0.717, 1.165) is 31.2 Å². The summed E-state index contributed by atoms with van der Waals surface area (Å²) < 4.78 is 13.8. The van der Waals surface area contributed by atoms with Gasteiger partial charge < -0.3 is 0 Å². The summed E-state index contributed by atoms with van der Waals surface area (Å²) in [6, 6.07) is 9.99. The quantitative estimate of drug-likeness (QED) is 0.521. The monoisotopic (exact) mass is 368 g/mol. The normalized spacial score (nSPS) is 22.3. The fourth-order valence-electron chi connectivity index (χ4n) is 4.74. The first kappa shape index (κ1) is 17.8. The summed E-state index contributed by atoms with van der Waals surface area (Å²) in [5.41, 5.74) is 7.31. The van der Waals surface area contributed by atoms with Gasteiger partial charge in [0.15, 0.2) is 0 Å². The van der Waals surface area contributed by atoms with Crippen molar-refractivity contribution in [3.63, 3.8) is 0 Å². The van der Waals surface area contributed by atoms with E-state index in [9.17, 15) is 4.39 Å². The van der Waals surface area contributed by atoms with Gasteiger partial charge in [0.1, 0.15) is 5.82 Å². The van der Waals surface area contributed by atoms with Gasteiger partial charge in [-0.3, -0.25) is 0 Å². The average Bonchev–Trinajstić information content (AvgIpc) is 2.67. The van der Waals surface area contributed by atoms with Gasteiger partial charge >= 0.3 is 0 Å². The van der Waals surface area contributed by atoms with E-state index in [0.29, 0.717) is 11.8 Å². The highest BCUT2D eigenvalue weighted by Crippen LogP contribution is 2.39. The van der Waals surface area contributed by atoms with Crippen LogP contribution in [0.4, 0.5) is 4.39 Å². The fourth-order valence-corrected chi connectivity index (χ4v) is 4.86. The number of benzene rings is 2. The topological polar surface area (TPSA) is 0 Å². The number of hydrogen-bond acceptors (Lipinski definition) is 0. The molecule has 0 N–H and O–H groups in total. The van der Waals surface area contributed by atoms with Crippen molar-refractivity contribution in [2.24, 2.45) is 5.92 Å². The zero-order valence-corrected chi connectivity index (χ0v) is 16.2. The molecule has 2 aromatic carbocycles. The molecule has 0 bridgehead atoms. The zero-order valence-electron chi connectivity index (χ0n) is 15.4. The lowest BCUT2D eigenvalue weighted by Crippen LogP contribution is -2.20. The molecule has 0 nitrogen and oxygen atoms in total. The molecule has 0 saturated carbocycles. The van der Waals surface area contributed by atoms with E-state index >= 15 is 0 Å². The fraction of sp³-hybridized carbons (Fsp3) is 0.417. The molecule has 0 spiro atoms. The van der Waals surface area contributed by atoms with Crippen molar-refractivity contribution in [1.82, 2.24) is 0 Å². The van der Waals surface area contributed by atoms with Gasteiger partial charge in [-0.05, 0) is 96.7 Å². The smallest absolute Gasteiger partial charge is 0.142 e. The highest BCUT2D eigenvalue weighted by molar-refractivity contribution is 6.30. The molecule has 2 heteroatoms. The highest BCUT2D eigenvalue weighted by Gasteiger charge is 2.26. The number of allylic oxidation sites excluding steroid dienone is 2. The van der Waals surface area contributed by atoms with E-state index in [4.69, 9.17) is 11.6 Å². The van der Waals surface area contributed by atoms with E-state index in [2.05, 4.69) is 31.2 Å². The summed E-state index contributed by atoms with van der Waals surface area (Å²) in [4.78, 5) is 0. The van der Waals surface area contributed by atoms with Gasteiger partial charge in [-0.1, -0.05) is 48.9 Å². The zero-order chi connectivity index (χ0) is 18.1. The highest BCUT2D eigenvalue weighted by atomic mass is 35.5. The summed E-state index contributed by atoms with van der Waals surface area (Å²) in [6.07, 6.45) is 12.7. The summed E-state index contributed by atoms with van der Waals surface area (Å²) in [5.74, 6) is 0.802. The molecule has 0 aliphatic heterocycles. The van der Waals surface area contributed by atoms with E-state index < -0.39 is 0 Å². The number of hydrogen-bond donors (Lipinski definition) is 0. The van der Waals surface area contributed by atoms with E-state index in [1.54, 1.807) is 28.8 Å². The minimum absolute atomic E-state index is 0.214. The first-order chi connectivity index (χ1) is 12.7. The van der Waals surface area contributed by atoms with Crippen LogP contribution in [0.15, 0.2) is 42.5 Å². The molecule has 4 rings (SSSR count). The molecule has 0 saturated heterocycles. The van der Waals surface area contributed by atoms with Gasteiger partial charge in [-0.15, -0.1) is 0 Å². The van der Waals surface area contributed by atoms with Crippen molar-refractivity contribution in [2.75, 3.05) is 0 Å². The molecular formula is C24H26ClF. The van der Waals surface area contributed by atoms with Crippen LogP contribution in [-0.2, 0) is 25.7 Å². The number of halogens is 2. The molecule has 2 aliphatic rings. The van der Waals surface area contributed by atoms with E-state index in [-0.39, 0.29) is 10.8 Å². The Labute approximate surface area is 161 Å². The van der Waals surface area contributed by atoms with Crippen LogP contribution >= 0.6 is 11.6 Å². The molecule has 2 aromatic rings. The summed E-state index contributed by atoms with van der Waals surface area (Å²) in [6.45, 7) is 2.20. The van der Waals surface area contributed by atoms with Gasteiger partial charge in [0.05, 0.1) is 5.02 Å². The van der Waals surface area contributed by atoms with Crippen molar-refractivity contribution < 1.29 is 4.39 Å². The van der Waals surface area contributed by atoms with Crippen molar-refractivity contribution in [1.29, 1.82) is 0 Å². The molecule has 0 fully saturated rings. The van der Waals surface area contributed by atoms with Crippen LogP contribution in [0.25, 0.3) is 0 Å². The third-order valence-electron chi connectivity index (χ3n) is 6.14. The van der Waals surface area contributed by atoms with E-state index in [1.165, 1.54) is 24.8 Å². The molecule has 2 aliphatic carbocycles. The first-order valence-corrected chi connectivity index (χ1v) is 10.3. The third kappa shape index (κ3) is 3.47. The molecule has 0 radical (unpaired) electrons. The van der Waals surface area contributed by atoms with Crippen LogP contribution in [0.5, 0.6) is 0 Å². The molecule has 0 aromatic heterocycles. The van der Waals surface area contributed by atoms with Crippen LogP contribution in [-0.4, -0.2) is 0 Å². The van der Waals surface area contributed by atoms with Gasteiger partial charge in [0, 0.05) is 0 Å². The summed E-state index contributed by atoms with van der Waals surface area (Å²) >= 11 is 5.84. The van der Waals surface area contributed by atoms with Gasteiger partial charge in [-0.25, -0.2) is 4.39 Å². The Bertz CT molecular complexity index is 836. The SMILES string of the molecule is CCC=C[C@H]1CCc2c(ccc3c2CC[C@H](c2ccc(Cl)c(F)c2)C3)C1. The summed E-state index contributed by atoms with van der Waals surface area (Å²) in [5, 5.41) is 0.214. The Morgan fingerprint density at radius 3 is 2.50 bits per heavy atom. The Balaban J connectivity index is 1.56. The Morgan fingerprint density at radius 1 is 1.04 bits per heavy atom. The van der Waals surface area contributed by atoms with E-state index in [1.807, 2.05) is 6.07 Å². The molecule has 136 valence electrons. The third-order valence-corrected chi connectivity index (χ3v) is 6.45. The lowest BCUT2D eigenvalue weighted by Gasteiger charge is -2.31. The van der Waals surface area contributed by atoms with Crippen LogP contribution < -0.4 is 0 Å². The minimum atomic E-state index is -0.299. The second-order valence-electron chi connectivity index (χ2n) is 7.79. The standard InChI is InChI=1S/C24H26ClF/c1-2-3-4-16-5-10-21-19(13-16)6-7-20-14-17(8-11-22(20)21)18-9-12-23(25)24(26)15-18/h3-4,6-7,9,12,15-17H,2,5,8,10-11,13-14H2,1H3/t16-,17-/m0/s1. The molecule has 0 unspecified atom stereocenters. The Morgan fingerprint density at radius 2 is 1.77 bits per heavy atom. The van der Waals surface area contributed by atoms with Gasteiger partial charge in [-0.2, -0.15) is 0 Å². The Kier molecular flexibility index (Phi) is 5.18. The largest absolute Gasteiger partial charge is 0.205 e. The van der Waals surface area contributed by atoms with Crippen LogP contribution in [0, 0.1) is 11.7 Å².